The first-order chi connectivity index (χ1) is 14.5. The fourth-order valence-corrected chi connectivity index (χ4v) is 3.85. The van der Waals surface area contributed by atoms with Crippen LogP contribution in [0.3, 0.4) is 0 Å². The van der Waals surface area contributed by atoms with Gasteiger partial charge in [-0.25, -0.2) is 5.43 Å². The van der Waals surface area contributed by atoms with Crippen molar-refractivity contribution in [1.82, 2.24) is 10.4 Å². The molecule has 0 radical (unpaired) electrons. The zero-order valence-corrected chi connectivity index (χ0v) is 17.3. The molecule has 3 N–H and O–H groups in total. The molecule has 2 aromatic carbocycles. The number of para-hydroxylation sites is 1. The zero-order chi connectivity index (χ0) is 21.1. The van der Waals surface area contributed by atoms with E-state index in [0.717, 1.165) is 21.3 Å². The summed E-state index contributed by atoms with van der Waals surface area (Å²) in [7, 11) is 0. The van der Waals surface area contributed by atoms with Crippen molar-refractivity contribution in [3.8, 4) is 0 Å². The smallest absolute Gasteiger partial charge is 0.273 e. The van der Waals surface area contributed by atoms with E-state index in [0.29, 0.717) is 21.8 Å². The molecule has 2 heterocycles. The van der Waals surface area contributed by atoms with E-state index in [4.69, 9.17) is 0 Å². The Morgan fingerprint density at radius 3 is 2.63 bits per heavy atom. The van der Waals surface area contributed by atoms with Gasteiger partial charge in [0.1, 0.15) is 0 Å². The molecule has 0 saturated carbocycles. The number of hydrogen-bond donors (Lipinski definition) is 3. The molecule has 0 spiro atoms. The van der Waals surface area contributed by atoms with Crippen LogP contribution in [0.2, 0.25) is 0 Å². The van der Waals surface area contributed by atoms with Gasteiger partial charge in [-0.3, -0.25) is 9.59 Å². The van der Waals surface area contributed by atoms with Crippen LogP contribution >= 0.6 is 11.3 Å². The largest absolute Gasteiger partial charge is 0.360 e. The molecule has 0 atom stereocenters. The number of benzene rings is 2. The van der Waals surface area contributed by atoms with E-state index in [9.17, 15) is 9.59 Å². The second kappa shape index (κ2) is 8.34. The van der Waals surface area contributed by atoms with E-state index in [1.807, 2.05) is 67.6 Å². The fraction of sp³-hybridized carbons (Fsp3) is 0.0870. The minimum absolute atomic E-state index is 0.146. The Morgan fingerprint density at radius 2 is 1.83 bits per heavy atom. The Labute approximate surface area is 177 Å². The monoisotopic (exact) mass is 416 g/mol. The molecule has 0 unspecified atom stereocenters. The van der Waals surface area contributed by atoms with Gasteiger partial charge >= 0.3 is 0 Å². The maximum absolute atomic E-state index is 12.5. The summed E-state index contributed by atoms with van der Waals surface area (Å²) in [5.74, 6) is -0.434. The average Bonchev–Trinajstić information content (AvgIpc) is 3.38. The lowest BCUT2D eigenvalue weighted by molar-refractivity contribution is 0.0955. The quantitative estimate of drug-likeness (QED) is 0.318. The second-order valence-electron chi connectivity index (χ2n) is 6.83. The number of hydrazone groups is 1. The molecule has 2 amide bonds. The van der Waals surface area contributed by atoms with Gasteiger partial charge in [-0.15, -0.1) is 11.3 Å². The van der Waals surface area contributed by atoms with E-state index in [1.165, 1.54) is 11.3 Å². The predicted molar refractivity (Wildman–Crippen MR) is 121 cm³/mol. The molecule has 2 aromatic heterocycles. The summed E-state index contributed by atoms with van der Waals surface area (Å²) in [5.41, 5.74) is 6.14. The van der Waals surface area contributed by atoms with Crippen LogP contribution in [0.4, 0.5) is 5.69 Å². The van der Waals surface area contributed by atoms with Gasteiger partial charge in [0.05, 0.1) is 16.2 Å². The zero-order valence-electron chi connectivity index (χ0n) is 16.5. The molecule has 0 aliphatic rings. The van der Waals surface area contributed by atoms with Gasteiger partial charge in [-0.1, -0.05) is 30.3 Å². The lowest BCUT2D eigenvalue weighted by Gasteiger charge is -2.07. The number of thiophene rings is 1. The van der Waals surface area contributed by atoms with Gasteiger partial charge in [0.25, 0.3) is 11.8 Å². The van der Waals surface area contributed by atoms with Crippen LogP contribution in [0.25, 0.3) is 10.9 Å². The van der Waals surface area contributed by atoms with E-state index in [-0.39, 0.29) is 11.8 Å². The second-order valence-corrected chi connectivity index (χ2v) is 8.12. The Kier molecular flexibility index (Phi) is 5.45. The Bertz CT molecular complexity index is 1270. The number of carbonyl (C=O) groups is 2. The molecule has 0 saturated heterocycles. The fourth-order valence-electron chi connectivity index (χ4n) is 3.09. The topological polar surface area (TPSA) is 86.3 Å². The molecule has 7 heteroatoms. The summed E-state index contributed by atoms with van der Waals surface area (Å²) in [6.07, 6.45) is 1.67. The maximum Gasteiger partial charge on any atom is 0.273 e. The van der Waals surface area contributed by atoms with Gasteiger partial charge < -0.3 is 10.3 Å². The van der Waals surface area contributed by atoms with E-state index in [1.54, 1.807) is 13.1 Å². The molecule has 150 valence electrons. The first-order valence-corrected chi connectivity index (χ1v) is 10.2. The van der Waals surface area contributed by atoms with Crippen molar-refractivity contribution in [1.29, 1.82) is 0 Å². The standard InChI is InChI=1S/C23H20N4O2S/c1-14-10-11-21(30-14)23(29)25-17-7-5-6-16(12-17)15(2)26-27-22(28)19-13-24-20-9-4-3-8-18(19)20/h3-13,24H,1-2H3,(H,25,29)(H,27,28). The molecule has 4 aromatic rings. The van der Waals surface area contributed by atoms with Gasteiger partial charge in [0.15, 0.2) is 0 Å². The minimum atomic E-state index is -0.288. The molecule has 0 bridgehead atoms. The summed E-state index contributed by atoms with van der Waals surface area (Å²) >= 11 is 1.45. The average molecular weight is 417 g/mol. The highest BCUT2D eigenvalue weighted by molar-refractivity contribution is 7.14. The van der Waals surface area contributed by atoms with Gasteiger partial charge in [0.2, 0.25) is 0 Å². The third-order valence-electron chi connectivity index (χ3n) is 4.66. The summed E-state index contributed by atoms with van der Waals surface area (Å²) in [5, 5.41) is 7.97. The number of rotatable bonds is 5. The third-order valence-corrected chi connectivity index (χ3v) is 5.66. The number of aromatic nitrogens is 1. The summed E-state index contributed by atoms with van der Waals surface area (Å²) in [4.78, 5) is 29.7. The molecule has 30 heavy (non-hydrogen) atoms. The highest BCUT2D eigenvalue weighted by Crippen LogP contribution is 2.19. The van der Waals surface area contributed by atoms with Crippen LogP contribution in [0.5, 0.6) is 0 Å². The summed E-state index contributed by atoms with van der Waals surface area (Å²) < 4.78 is 0. The van der Waals surface area contributed by atoms with Gasteiger partial charge in [-0.05, 0) is 49.7 Å². The Hall–Kier alpha value is -3.71. The number of aromatic amines is 1. The highest BCUT2D eigenvalue weighted by atomic mass is 32.1. The number of fused-ring (bicyclic) bond motifs is 1. The number of carbonyl (C=O) groups excluding carboxylic acids is 2. The lowest BCUT2D eigenvalue weighted by Crippen LogP contribution is -2.19. The lowest BCUT2D eigenvalue weighted by atomic mass is 10.1. The molecular formula is C23H20N4O2S. The highest BCUT2D eigenvalue weighted by Gasteiger charge is 2.12. The van der Waals surface area contributed by atoms with Crippen LogP contribution in [0.15, 0.2) is 72.0 Å². The van der Waals surface area contributed by atoms with Crippen LogP contribution in [-0.4, -0.2) is 22.5 Å². The molecule has 0 fully saturated rings. The van der Waals surface area contributed by atoms with Crippen molar-refractivity contribution in [2.75, 3.05) is 5.32 Å². The molecular weight excluding hydrogens is 396 g/mol. The number of aryl methyl sites for hydroxylation is 1. The van der Waals surface area contributed by atoms with Gasteiger partial charge in [-0.2, -0.15) is 5.10 Å². The molecule has 6 nitrogen and oxygen atoms in total. The van der Waals surface area contributed by atoms with Crippen molar-refractivity contribution in [2.45, 2.75) is 13.8 Å². The SMILES string of the molecule is CC(=NNC(=O)c1c[nH]c2ccccc12)c1cccc(NC(=O)c2ccc(C)s2)c1. The molecule has 0 aliphatic carbocycles. The number of anilines is 1. The van der Waals surface area contributed by atoms with Crippen molar-refractivity contribution in [3.63, 3.8) is 0 Å². The first kappa shape index (κ1) is 19.6. The normalized spacial score (nSPS) is 11.5. The van der Waals surface area contributed by atoms with Crippen LogP contribution in [0.1, 0.15) is 37.4 Å². The van der Waals surface area contributed by atoms with Crippen molar-refractivity contribution >= 4 is 45.5 Å². The first-order valence-electron chi connectivity index (χ1n) is 9.40. The van der Waals surface area contributed by atoms with E-state index < -0.39 is 0 Å². The Balaban J connectivity index is 1.47. The summed E-state index contributed by atoms with van der Waals surface area (Å²) in [6, 6.07) is 18.7. The van der Waals surface area contributed by atoms with Crippen LogP contribution < -0.4 is 10.7 Å². The third kappa shape index (κ3) is 4.16. The van der Waals surface area contributed by atoms with Crippen LogP contribution in [-0.2, 0) is 0 Å². The van der Waals surface area contributed by atoms with Gasteiger partial charge in [0, 0.05) is 27.7 Å². The van der Waals surface area contributed by atoms with Crippen molar-refractivity contribution in [3.05, 3.63) is 87.7 Å². The van der Waals surface area contributed by atoms with Crippen molar-refractivity contribution < 1.29 is 9.59 Å². The number of nitrogens with zero attached hydrogens (tertiary/aromatic N) is 1. The number of nitrogens with one attached hydrogen (secondary N) is 3. The summed E-state index contributed by atoms with van der Waals surface area (Å²) in [6.45, 7) is 3.77. The predicted octanol–water partition coefficient (Wildman–Crippen LogP) is 4.94. The van der Waals surface area contributed by atoms with E-state index >= 15 is 0 Å². The number of hydrogen-bond acceptors (Lipinski definition) is 4. The number of amides is 2. The number of H-pyrrole nitrogens is 1. The minimum Gasteiger partial charge on any atom is -0.360 e. The maximum atomic E-state index is 12.5. The molecule has 4 rings (SSSR count). The van der Waals surface area contributed by atoms with Crippen molar-refractivity contribution in [2.24, 2.45) is 5.10 Å². The van der Waals surface area contributed by atoms with E-state index in [2.05, 4.69) is 20.8 Å². The molecule has 0 aliphatic heterocycles. The van der Waals surface area contributed by atoms with Crippen LogP contribution in [0, 0.1) is 6.92 Å². The Morgan fingerprint density at radius 1 is 1.00 bits per heavy atom.